The Labute approximate surface area is 98.7 Å². The van der Waals surface area contributed by atoms with E-state index in [1.54, 1.807) is 0 Å². The van der Waals surface area contributed by atoms with E-state index in [1.165, 1.54) is 11.1 Å². The van der Waals surface area contributed by atoms with Gasteiger partial charge in [-0.2, -0.15) is 0 Å². The summed E-state index contributed by atoms with van der Waals surface area (Å²) in [5, 5.41) is 13.5. The first-order chi connectivity index (χ1) is 7.55. The number of rotatable bonds is 6. The van der Waals surface area contributed by atoms with Crippen LogP contribution in [-0.4, -0.2) is 23.8 Å². The van der Waals surface area contributed by atoms with Crippen LogP contribution >= 0.6 is 0 Å². The van der Waals surface area contributed by atoms with Crippen LogP contribution in [0.4, 0.5) is 0 Å². The molecule has 0 saturated carbocycles. The highest BCUT2D eigenvalue weighted by molar-refractivity contribution is 5.26. The van der Waals surface area contributed by atoms with Crippen LogP contribution in [0, 0.1) is 6.92 Å². The molecule has 90 valence electrons. The molecule has 1 atom stereocenters. The first-order valence-corrected chi connectivity index (χ1v) is 6.03. The minimum atomic E-state index is -0.617. The molecule has 0 aliphatic carbocycles. The molecule has 0 radical (unpaired) electrons. The second-order valence-electron chi connectivity index (χ2n) is 4.70. The molecule has 0 fully saturated rings. The zero-order valence-corrected chi connectivity index (χ0v) is 10.6. The Morgan fingerprint density at radius 2 is 2.00 bits per heavy atom. The van der Waals surface area contributed by atoms with Gasteiger partial charge >= 0.3 is 0 Å². The molecule has 0 saturated heterocycles. The summed E-state index contributed by atoms with van der Waals surface area (Å²) in [6.07, 6.45) is 1.51. The lowest BCUT2D eigenvalue weighted by atomic mass is 9.91. The van der Waals surface area contributed by atoms with Crippen molar-refractivity contribution >= 4 is 0 Å². The van der Waals surface area contributed by atoms with Gasteiger partial charge in [-0.15, -0.1) is 0 Å². The predicted molar refractivity (Wildman–Crippen MR) is 68.7 cm³/mol. The summed E-state index contributed by atoms with van der Waals surface area (Å²) in [5.74, 6) is 0. The first-order valence-electron chi connectivity index (χ1n) is 6.03. The highest BCUT2D eigenvalue weighted by Gasteiger charge is 2.20. The smallest absolute Gasteiger partial charge is 0.0672 e. The molecule has 2 nitrogen and oxygen atoms in total. The van der Waals surface area contributed by atoms with Crippen LogP contribution < -0.4 is 5.32 Å². The van der Waals surface area contributed by atoms with Crippen molar-refractivity contribution < 1.29 is 5.11 Å². The van der Waals surface area contributed by atoms with E-state index in [0.717, 1.165) is 25.9 Å². The Morgan fingerprint density at radius 3 is 2.62 bits per heavy atom. The molecule has 1 rings (SSSR count). The molecule has 0 aliphatic rings. The summed E-state index contributed by atoms with van der Waals surface area (Å²) in [5.41, 5.74) is 1.88. The molecule has 0 amide bonds. The lowest BCUT2D eigenvalue weighted by molar-refractivity contribution is 0.0515. The van der Waals surface area contributed by atoms with Gasteiger partial charge in [0.15, 0.2) is 0 Å². The molecule has 16 heavy (non-hydrogen) atoms. The molecule has 0 aliphatic heterocycles. The molecular formula is C14H23NO. The summed E-state index contributed by atoms with van der Waals surface area (Å²) in [6, 6.07) is 8.25. The summed E-state index contributed by atoms with van der Waals surface area (Å²) >= 11 is 0. The van der Waals surface area contributed by atoms with Crippen molar-refractivity contribution in [2.45, 2.75) is 39.2 Å². The molecule has 0 bridgehead atoms. The van der Waals surface area contributed by atoms with Gasteiger partial charge < -0.3 is 10.4 Å². The number of benzene rings is 1. The fraction of sp³-hybridized carbons (Fsp3) is 0.571. The van der Waals surface area contributed by atoms with Gasteiger partial charge in [-0.1, -0.05) is 31.2 Å². The Bertz CT molecular complexity index is 320. The standard InChI is InChI=1S/C14H23NO/c1-4-15-10-9-14(3,16)11-13-8-6-5-7-12(13)2/h5-8,15-16H,4,9-11H2,1-3H3. The topological polar surface area (TPSA) is 32.3 Å². The van der Waals surface area contributed by atoms with Crippen LogP contribution in [0.5, 0.6) is 0 Å². The van der Waals surface area contributed by atoms with Crippen molar-refractivity contribution in [1.29, 1.82) is 0 Å². The lowest BCUT2D eigenvalue weighted by Crippen LogP contribution is -2.32. The van der Waals surface area contributed by atoms with Crippen LogP contribution in [0.1, 0.15) is 31.4 Å². The average molecular weight is 221 g/mol. The third-order valence-electron chi connectivity index (χ3n) is 2.92. The van der Waals surface area contributed by atoms with Crippen molar-refractivity contribution in [2.75, 3.05) is 13.1 Å². The van der Waals surface area contributed by atoms with Gasteiger partial charge in [-0.25, -0.2) is 0 Å². The van der Waals surface area contributed by atoms with E-state index in [9.17, 15) is 5.11 Å². The van der Waals surface area contributed by atoms with Crippen molar-refractivity contribution in [2.24, 2.45) is 0 Å². The zero-order chi connectivity index (χ0) is 12.0. The predicted octanol–water partition coefficient (Wildman–Crippen LogP) is 2.29. The highest BCUT2D eigenvalue weighted by atomic mass is 16.3. The van der Waals surface area contributed by atoms with E-state index in [-0.39, 0.29) is 0 Å². The molecule has 0 aromatic heterocycles. The Balaban J connectivity index is 2.55. The number of hydrogen-bond donors (Lipinski definition) is 2. The summed E-state index contributed by atoms with van der Waals surface area (Å²) < 4.78 is 0. The lowest BCUT2D eigenvalue weighted by Gasteiger charge is -2.24. The molecule has 1 unspecified atom stereocenters. The molecule has 0 heterocycles. The van der Waals surface area contributed by atoms with Crippen LogP contribution in [0.3, 0.4) is 0 Å². The van der Waals surface area contributed by atoms with Gasteiger partial charge in [0.25, 0.3) is 0 Å². The summed E-state index contributed by atoms with van der Waals surface area (Å²) in [6.45, 7) is 7.92. The molecule has 1 aromatic carbocycles. The Morgan fingerprint density at radius 1 is 1.31 bits per heavy atom. The normalized spacial score (nSPS) is 14.8. The Kier molecular flexibility index (Phi) is 4.97. The van der Waals surface area contributed by atoms with Crippen molar-refractivity contribution in [3.63, 3.8) is 0 Å². The van der Waals surface area contributed by atoms with E-state index in [2.05, 4.69) is 31.3 Å². The number of aliphatic hydroxyl groups is 1. The molecule has 2 N–H and O–H groups in total. The third kappa shape index (κ3) is 4.33. The average Bonchev–Trinajstić information content (AvgIpc) is 2.21. The molecule has 2 heteroatoms. The van der Waals surface area contributed by atoms with Crippen LogP contribution in [0.15, 0.2) is 24.3 Å². The van der Waals surface area contributed by atoms with Crippen molar-refractivity contribution in [3.8, 4) is 0 Å². The van der Waals surface area contributed by atoms with Gasteiger partial charge in [0.05, 0.1) is 5.60 Å². The van der Waals surface area contributed by atoms with Crippen LogP contribution in [0.2, 0.25) is 0 Å². The quantitative estimate of drug-likeness (QED) is 0.722. The van der Waals surface area contributed by atoms with E-state index < -0.39 is 5.60 Å². The summed E-state index contributed by atoms with van der Waals surface area (Å²) in [4.78, 5) is 0. The second kappa shape index (κ2) is 6.02. The van der Waals surface area contributed by atoms with E-state index in [0.29, 0.717) is 0 Å². The van der Waals surface area contributed by atoms with Gasteiger partial charge in [-0.3, -0.25) is 0 Å². The van der Waals surface area contributed by atoms with Crippen LogP contribution in [0.25, 0.3) is 0 Å². The SMILES string of the molecule is CCNCCC(C)(O)Cc1ccccc1C. The number of aryl methyl sites for hydroxylation is 1. The van der Waals surface area contributed by atoms with E-state index >= 15 is 0 Å². The van der Waals surface area contributed by atoms with Crippen molar-refractivity contribution in [3.05, 3.63) is 35.4 Å². The van der Waals surface area contributed by atoms with Gasteiger partial charge in [0.2, 0.25) is 0 Å². The molecule has 1 aromatic rings. The minimum absolute atomic E-state index is 0.617. The maximum atomic E-state index is 10.3. The minimum Gasteiger partial charge on any atom is -0.390 e. The fourth-order valence-electron chi connectivity index (χ4n) is 1.84. The number of nitrogens with one attached hydrogen (secondary N) is 1. The first kappa shape index (κ1) is 13.2. The molecular weight excluding hydrogens is 198 g/mol. The maximum absolute atomic E-state index is 10.3. The second-order valence-corrected chi connectivity index (χ2v) is 4.70. The van der Waals surface area contributed by atoms with E-state index in [1.807, 2.05) is 19.1 Å². The largest absolute Gasteiger partial charge is 0.390 e. The summed E-state index contributed by atoms with van der Waals surface area (Å²) in [7, 11) is 0. The Hall–Kier alpha value is -0.860. The highest BCUT2D eigenvalue weighted by Crippen LogP contribution is 2.18. The van der Waals surface area contributed by atoms with Gasteiger partial charge in [0, 0.05) is 6.42 Å². The van der Waals surface area contributed by atoms with Gasteiger partial charge in [-0.05, 0) is 44.5 Å². The fourth-order valence-corrected chi connectivity index (χ4v) is 1.84. The van der Waals surface area contributed by atoms with E-state index in [4.69, 9.17) is 0 Å². The number of hydrogen-bond acceptors (Lipinski definition) is 2. The third-order valence-corrected chi connectivity index (χ3v) is 2.92. The maximum Gasteiger partial charge on any atom is 0.0672 e. The van der Waals surface area contributed by atoms with Gasteiger partial charge in [0.1, 0.15) is 0 Å². The monoisotopic (exact) mass is 221 g/mol. The van der Waals surface area contributed by atoms with Crippen molar-refractivity contribution in [1.82, 2.24) is 5.32 Å². The molecule has 0 spiro atoms. The van der Waals surface area contributed by atoms with Crippen LogP contribution in [-0.2, 0) is 6.42 Å². The zero-order valence-electron chi connectivity index (χ0n) is 10.6.